The Labute approximate surface area is 169 Å². The third kappa shape index (κ3) is 4.67. The van der Waals surface area contributed by atoms with Gasteiger partial charge in [0, 0.05) is 63.1 Å². The van der Waals surface area contributed by atoms with Gasteiger partial charge in [-0.05, 0) is 25.1 Å². The fraction of sp³-hybridized carbons (Fsp3) is 0.526. The van der Waals surface area contributed by atoms with E-state index in [1.54, 1.807) is 16.7 Å². The van der Waals surface area contributed by atoms with Crippen molar-refractivity contribution >= 4 is 35.2 Å². The molecule has 2 fully saturated rings. The van der Waals surface area contributed by atoms with E-state index >= 15 is 0 Å². The molecular weight excluding hydrogens is 384 g/mol. The molecule has 0 atom stereocenters. The van der Waals surface area contributed by atoms with Gasteiger partial charge in [-0.25, -0.2) is 4.79 Å². The Morgan fingerprint density at radius 3 is 1.96 bits per heavy atom. The van der Waals surface area contributed by atoms with Gasteiger partial charge < -0.3 is 24.3 Å². The minimum Gasteiger partial charge on any atom is -0.450 e. The number of carbonyl (C=O) groups excluding carboxylic acids is 3. The molecule has 0 spiro atoms. The zero-order valence-electron chi connectivity index (χ0n) is 16.0. The molecule has 8 nitrogen and oxygen atoms in total. The van der Waals surface area contributed by atoms with E-state index in [4.69, 9.17) is 16.3 Å². The molecule has 1 aromatic rings. The van der Waals surface area contributed by atoms with Gasteiger partial charge in [-0.1, -0.05) is 17.7 Å². The molecule has 9 heteroatoms. The largest absolute Gasteiger partial charge is 0.450 e. The summed E-state index contributed by atoms with van der Waals surface area (Å²) in [7, 11) is 0. The number of nitrogens with zero attached hydrogens (tertiary/aromatic N) is 4. The van der Waals surface area contributed by atoms with Crippen LogP contribution in [0, 0.1) is 0 Å². The van der Waals surface area contributed by atoms with Gasteiger partial charge in [0.15, 0.2) is 0 Å². The van der Waals surface area contributed by atoms with E-state index in [-0.39, 0.29) is 6.09 Å². The number of rotatable bonds is 2. The first kappa shape index (κ1) is 20.3. The second kappa shape index (κ2) is 9.14. The molecule has 0 radical (unpaired) electrons. The maximum absolute atomic E-state index is 12.6. The topological polar surface area (TPSA) is 73.4 Å². The highest BCUT2D eigenvalue weighted by atomic mass is 35.5. The van der Waals surface area contributed by atoms with E-state index in [1.165, 1.54) is 4.90 Å². The average Bonchev–Trinajstić information content (AvgIpc) is 2.73. The van der Waals surface area contributed by atoms with E-state index in [1.807, 2.05) is 24.3 Å². The first-order chi connectivity index (χ1) is 13.5. The minimum absolute atomic E-state index is 0.317. The van der Waals surface area contributed by atoms with E-state index in [0.717, 1.165) is 5.69 Å². The zero-order chi connectivity index (χ0) is 20.1. The molecule has 2 aliphatic heterocycles. The molecule has 3 amide bonds. The lowest BCUT2D eigenvalue weighted by molar-refractivity contribution is -0.152. The highest BCUT2D eigenvalue weighted by molar-refractivity contribution is 6.35. The number of benzene rings is 1. The lowest BCUT2D eigenvalue weighted by atomic mass is 10.2. The van der Waals surface area contributed by atoms with Crippen LogP contribution in [0.2, 0.25) is 5.02 Å². The van der Waals surface area contributed by atoms with Crippen molar-refractivity contribution in [1.29, 1.82) is 0 Å². The molecular formula is C19H25ClN4O4. The minimum atomic E-state index is -0.500. The summed E-state index contributed by atoms with van der Waals surface area (Å²) in [6.45, 7) is 5.77. The number of amides is 3. The van der Waals surface area contributed by atoms with Crippen molar-refractivity contribution in [3.05, 3.63) is 29.3 Å². The standard InChI is InChI=1S/C19H25ClN4O4/c1-2-28-19(27)24-12-10-23(11-13-24)18(26)17(25)22-8-6-21(7-9-22)16-5-3-4-15(20)14-16/h3-5,14H,2,6-13H2,1H3. The van der Waals surface area contributed by atoms with E-state index in [0.29, 0.717) is 64.0 Å². The predicted molar refractivity (Wildman–Crippen MR) is 105 cm³/mol. The molecule has 0 bridgehead atoms. The van der Waals surface area contributed by atoms with Gasteiger partial charge in [0.2, 0.25) is 0 Å². The van der Waals surface area contributed by atoms with Crippen molar-refractivity contribution in [2.75, 3.05) is 63.9 Å². The Kier molecular flexibility index (Phi) is 6.61. The molecule has 152 valence electrons. The normalized spacial score (nSPS) is 17.5. The van der Waals surface area contributed by atoms with Gasteiger partial charge in [0.1, 0.15) is 0 Å². The average molecular weight is 409 g/mol. The Bertz CT molecular complexity index is 728. The van der Waals surface area contributed by atoms with Crippen molar-refractivity contribution in [2.45, 2.75) is 6.92 Å². The summed E-state index contributed by atoms with van der Waals surface area (Å²) in [5.41, 5.74) is 1.01. The summed E-state index contributed by atoms with van der Waals surface area (Å²) in [4.78, 5) is 43.7. The number of piperazine rings is 2. The third-order valence-electron chi connectivity index (χ3n) is 5.02. The lowest BCUT2D eigenvalue weighted by Crippen LogP contribution is -2.57. The maximum Gasteiger partial charge on any atom is 0.409 e. The summed E-state index contributed by atoms with van der Waals surface area (Å²) < 4.78 is 4.97. The molecule has 2 heterocycles. The van der Waals surface area contributed by atoms with Gasteiger partial charge in [-0.15, -0.1) is 0 Å². The van der Waals surface area contributed by atoms with Crippen LogP contribution in [0.3, 0.4) is 0 Å². The van der Waals surface area contributed by atoms with Gasteiger partial charge >= 0.3 is 17.9 Å². The highest BCUT2D eigenvalue weighted by Crippen LogP contribution is 2.21. The summed E-state index contributed by atoms with van der Waals surface area (Å²) >= 11 is 6.04. The van der Waals surface area contributed by atoms with Crippen LogP contribution < -0.4 is 4.90 Å². The number of hydrogen-bond donors (Lipinski definition) is 0. The van der Waals surface area contributed by atoms with Gasteiger partial charge in [-0.3, -0.25) is 9.59 Å². The smallest absolute Gasteiger partial charge is 0.409 e. The van der Waals surface area contributed by atoms with Crippen molar-refractivity contribution in [3.8, 4) is 0 Å². The first-order valence-corrected chi connectivity index (χ1v) is 9.87. The van der Waals surface area contributed by atoms with Crippen LogP contribution in [0.15, 0.2) is 24.3 Å². The van der Waals surface area contributed by atoms with Crippen LogP contribution in [-0.4, -0.2) is 91.6 Å². The summed E-state index contributed by atoms with van der Waals surface area (Å²) in [6, 6.07) is 7.60. The van der Waals surface area contributed by atoms with E-state index in [9.17, 15) is 14.4 Å². The molecule has 0 aromatic heterocycles. The number of anilines is 1. The fourth-order valence-corrected chi connectivity index (χ4v) is 3.60. The molecule has 3 rings (SSSR count). The lowest BCUT2D eigenvalue weighted by Gasteiger charge is -2.38. The van der Waals surface area contributed by atoms with E-state index in [2.05, 4.69) is 4.90 Å². The Hall–Kier alpha value is -2.48. The third-order valence-corrected chi connectivity index (χ3v) is 5.25. The van der Waals surface area contributed by atoms with Crippen LogP contribution in [0.5, 0.6) is 0 Å². The maximum atomic E-state index is 12.6. The van der Waals surface area contributed by atoms with Crippen LogP contribution in [0.1, 0.15) is 6.92 Å². The van der Waals surface area contributed by atoms with Crippen LogP contribution >= 0.6 is 11.6 Å². The quantitative estimate of drug-likeness (QED) is 0.689. The summed E-state index contributed by atoms with van der Waals surface area (Å²) in [5, 5.41) is 0.674. The fourth-order valence-electron chi connectivity index (χ4n) is 3.42. The highest BCUT2D eigenvalue weighted by Gasteiger charge is 2.32. The monoisotopic (exact) mass is 408 g/mol. The molecule has 0 aliphatic carbocycles. The first-order valence-electron chi connectivity index (χ1n) is 9.50. The molecule has 0 unspecified atom stereocenters. The molecule has 28 heavy (non-hydrogen) atoms. The van der Waals surface area contributed by atoms with Crippen LogP contribution in [-0.2, 0) is 14.3 Å². The van der Waals surface area contributed by atoms with Crippen LogP contribution in [0.25, 0.3) is 0 Å². The van der Waals surface area contributed by atoms with Crippen LogP contribution in [0.4, 0.5) is 10.5 Å². The van der Waals surface area contributed by atoms with Crippen molar-refractivity contribution in [3.63, 3.8) is 0 Å². The van der Waals surface area contributed by atoms with Gasteiger partial charge in [0.25, 0.3) is 0 Å². The Morgan fingerprint density at radius 1 is 0.893 bits per heavy atom. The molecule has 1 aromatic carbocycles. The van der Waals surface area contributed by atoms with Gasteiger partial charge in [0.05, 0.1) is 6.61 Å². The number of hydrogen-bond acceptors (Lipinski definition) is 5. The molecule has 0 N–H and O–H groups in total. The Balaban J connectivity index is 1.49. The van der Waals surface area contributed by atoms with Gasteiger partial charge in [-0.2, -0.15) is 0 Å². The molecule has 2 saturated heterocycles. The van der Waals surface area contributed by atoms with Crippen molar-refractivity contribution < 1.29 is 19.1 Å². The number of halogens is 1. The predicted octanol–water partition coefficient (Wildman–Crippen LogP) is 1.29. The second-order valence-electron chi connectivity index (χ2n) is 6.74. The zero-order valence-corrected chi connectivity index (χ0v) is 16.7. The number of ether oxygens (including phenoxy) is 1. The second-order valence-corrected chi connectivity index (χ2v) is 7.17. The summed E-state index contributed by atoms with van der Waals surface area (Å²) in [6.07, 6.45) is -0.377. The Morgan fingerprint density at radius 2 is 1.43 bits per heavy atom. The molecule has 2 aliphatic rings. The molecule has 0 saturated carbocycles. The van der Waals surface area contributed by atoms with E-state index < -0.39 is 11.8 Å². The SMILES string of the molecule is CCOC(=O)N1CCN(C(=O)C(=O)N2CCN(c3cccc(Cl)c3)CC2)CC1. The van der Waals surface area contributed by atoms with Crippen molar-refractivity contribution in [2.24, 2.45) is 0 Å². The summed E-state index contributed by atoms with van der Waals surface area (Å²) in [5.74, 6) is -0.977. The number of carbonyl (C=O) groups is 3. The van der Waals surface area contributed by atoms with Crippen molar-refractivity contribution in [1.82, 2.24) is 14.7 Å².